The molecular weight excluding hydrogens is 202 g/mol. The third-order valence-electron chi connectivity index (χ3n) is 2.49. The predicted octanol–water partition coefficient (Wildman–Crippen LogP) is 1.66. The van der Waals surface area contributed by atoms with Gasteiger partial charge in [0.1, 0.15) is 11.9 Å². The molecule has 1 N–H and O–H groups in total. The van der Waals surface area contributed by atoms with Crippen LogP contribution >= 0.6 is 0 Å². The molecule has 0 fully saturated rings. The Balaban J connectivity index is 2.35. The van der Waals surface area contributed by atoms with E-state index < -0.39 is 0 Å². The molecule has 1 unspecified atom stereocenters. The molecular formula is C12H15N3O. The Bertz CT molecular complexity index is 439. The topological polar surface area (TPSA) is 39.1 Å². The van der Waals surface area contributed by atoms with Crippen LogP contribution in [0.3, 0.4) is 0 Å². The fourth-order valence-electron chi connectivity index (χ4n) is 1.69. The minimum absolute atomic E-state index is 0.0498. The number of hydrogen-bond donors (Lipinski definition) is 1. The van der Waals surface area contributed by atoms with Crippen molar-refractivity contribution in [3.8, 4) is 0 Å². The number of benzene rings is 1. The molecule has 84 valence electrons. The van der Waals surface area contributed by atoms with E-state index in [-0.39, 0.29) is 6.04 Å². The van der Waals surface area contributed by atoms with Crippen molar-refractivity contribution in [2.24, 2.45) is 7.05 Å². The Kier molecular flexibility index (Phi) is 3.34. The van der Waals surface area contributed by atoms with E-state index in [4.69, 9.17) is 4.84 Å². The van der Waals surface area contributed by atoms with Crippen molar-refractivity contribution < 1.29 is 4.84 Å². The summed E-state index contributed by atoms with van der Waals surface area (Å²) in [6, 6.07) is 10.0. The lowest BCUT2D eigenvalue weighted by Gasteiger charge is -2.17. The zero-order valence-corrected chi connectivity index (χ0v) is 9.42. The van der Waals surface area contributed by atoms with Gasteiger partial charge in [0.15, 0.2) is 0 Å². The molecule has 1 heterocycles. The van der Waals surface area contributed by atoms with Crippen molar-refractivity contribution in [1.82, 2.24) is 15.0 Å². The van der Waals surface area contributed by atoms with Crippen molar-refractivity contribution in [2.45, 2.75) is 6.04 Å². The average molecular weight is 217 g/mol. The molecule has 0 radical (unpaired) electrons. The van der Waals surface area contributed by atoms with Gasteiger partial charge in [-0.2, -0.15) is 5.48 Å². The van der Waals surface area contributed by atoms with Gasteiger partial charge in [-0.3, -0.25) is 0 Å². The number of aromatic nitrogens is 2. The second-order valence-corrected chi connectivity index (χ2v) is 3.56. The van der Waals surface area contributed by atoms with E-state index in [9.17, 15) is 0 Å². The largest absolute Gasteiger partial charge is 0.336 e. The molecule has 0 spiro atoms. The molecule has 0 aliphatic carbocycles. The molecule has 1 atom stereocenters. The van der Waals surface area contributed by atoms with Crippen LogP contribution < -0.4 is 5.48 Å². The van der Waals surface area contributed by atoms with Gasteiger partial charge in [-0.25, -0.2) is 4.98 Å². The summed E-state index contributed by atoms with van der Waals surface area (Å²) in [4.78, 5) is 9.37. The van der Waals surface area contributed by atoms with Crippen molar-refractivity contribution in [2.75, 3.05) is 7.11 Å². The molecule has 2 aromatic rings. The Hall–Kier alpha value is -1.65. The first-order valence-electron chi connectivity index (χ1n) is 5.13. The summed E-state index contributed by atoms with van der Waals surface area (Å²) < 4.78 is 1.98. The van der Waals surface area contributed by atoms with E-state index in [1.165, 1.54) is 0 Å². The number of rotatable bonds is 4. The highest BCUT2D eigenvalue weighted by atomic mass is 16.6. The van der Waals surface area contributed by atoms with E-state index in [1.807, 2.05) is 48.1 Å². The smallest absolute Gasteiger partial charge is 0.132 e. The molecule has 16 heavy (non-hydrogen) atoms. The number of hydrogen-bond acceptors (Lipinski definition) is 3. The van der Waals surface area contributed by atoms with Gasteiger partial charge in [0.2, 0.25) is 0 Å². The first kappa shape index (κ1) is 10.9. The summed E-state index contributed by atoms with van der Waals surface area (Å²) in [6.45, 7) is 0. The van der Waals surface area contributed by atoms with Crippen LogP contribution in [0, 0.1) is 0 Å². The number of imidazole rings is 1. The number of hydroxylamine groups is 1. The molecule has 0 aliphatic rings. The fourth-order valence-corrected chi connectivity index (χ4v) is 1.69. The molecule has 2 rings (SSSR count). The van der Waals surface area contributed by atoms with Gasteiger partial charge in [-0.05, 0) is 5.56 Å². The second-order valence-electron chi connectivity index (χ2n) is 3.56. The van der Waals surface area contributed by atoms with Crippen LogP contribution in [-0.2, 0) is 11.9 Å². The van der Waals surface area contributed by atoms with E-state index >= 15 is 0 Å². The lowest BCUT2D eigenvalue weighted by Crippen LogP contribution is -2.24. The SMILES string of the molecule is CONC(c1ccccc1)c1nccn1C. The molecule has 1 aromatic heterocycles. The Morgan fingerprint density at radius 3 is 2.62 bits per heavy atom. The predicted molar refractivity (Wildman–Crippen MR) is 61.6 cm³/mol. The maximum Gasteiger partial charge on any atom is 0.132 e. The molecule has 4 nitrogen and oxygen atoms in total. The quantitative estimate of drug-likeness (QED) is 0.792. The first-order chi connectivity index (χ1) is 7.83. The van der Waals surface area contributed by atoms with E-state index in [1.54, 1.807) is 13.3 Å². The lowest BCUT2D eigenvalue weighted by molar-refractivity contribution is 0.0686. The maximum absolute atomic E-state index is 5.03. The molecule has 0 bridgehead atoms. The van der Waals surface area contributed by atoms with Crippen LogP contribution in [0.4, 0.5) is 0 Å². The number of nitrogens with zero attached hydrogens (tertiary/aromatic N) is 2. The highest BCUT2D eigenvalue weighted by molar-refractivity contribution is 5.24. The van der Waals surface area contributed by atoms with Crippen LogP contribution in [0.1, 0.15) is 17.4 Å². The van der Waals surface area contributed by atoms with Gasteiger partial charge in [-0.1, -0.05) is 30.3 Å². The van der Waals surface area contributed by atoms with Gasteiger partial charge < -0.3 is 9.40 Å². The van der Waals surface area contributed by atoms with Gasteiger partial charge in [0, 0.05) is 19.4 Å². The molecule has 1 aromatic carbocycles. The van der Waals surface area contributed by atoms with Gasteiger partial charge in [-0.15, -0.1) is 0 Å². The first-order valence-corrected chi connectivity index (χ1v) is 5.13. The molecule has 0 saturated carbocycles. The lowest BCUT2D eigenvalue weighted by atomic mass is 10.1. The van der Waals surface area contributed by atoms with E-state index in [0.29, 0.717) is 0 Å². The van der Waals surface area contributed by atoms with Crippen molar-refractivity contribution in [3.05, 3.63) is 54.1 Å². The standard InChI is InChI=1S/C12H15N3O/c1-15-9-8-13-12(15)11(14-16-2)10-6-4-3-5-7-10/h3-9,11,14H,1-2H3. The van der Waals surface area contributed by atoms with Crippen molar-refractivity contribution >= 4 is 0 Å². The van der Waals surface area contributed by atoms with Crippen LogP contribution in [0.5, 0.6) is 0 Å². The van der Waals surface area contributed by atoms with Gasteiger partial charge in [0.05, 0.1) is 7.11 Å². The van der Waals surface area contributed by atoms with Crippen molar-refractivity contribution in [3.63, 3.8) is 0 Å². The Morgan fingerprint density at radius 2 is 2.06 bits per heavy atom. The van der Waals surface area contributed by atoms with E-state index in [0.717, 1.165) is 11.4 Å². The van der Waals surface area contributed by atoms with Crippen LogP contribution in [-0.4, -0.2) is 16.7 Å². The minimum atomic E-state index is -0.0498. The zero-order chi connectivity index (χ0) is 11.4. The Labute approximate surface area is 94.8 Å². The van der Waals surface area contributed by atoms with E-state index in [2.05, 4.69) is 10.5 Å². The summed E-state index contributed by atoms with van der Waals surface area (Å²) >= 11 is 0. The van der Waals surface area contributed by atoms with Crippen LogP contribution in [0.2, 0.25) is 0 Å². The monoisotopic (exact) mass is 217 g/mol. The maximum atomic E-state index is 5.03. The molecule has 0 saturated heterocycles. The zero-order valence-electron chi connectivity index (χ0n) is 9.42. The normalized spacial score (nSPS) is 12.6. The van der Waals surface area contributed by atoms with Crippen LogP contribution in [0.15, 0.2) is 42.7 Å². The Morgan fingerprint density at radius 1 is 1.31 bits per heavy atom. The third kappa shape index (κ3) is 2.13. The third-order valence-corrected chi connectivity index (χ3v) is 2.49. The van der Waals surface area contributed by atoms with Crippen molar-refractivity contribution in [1.29, 1.82) is 0 Å². The average Bonchev–Trinajstić information content (AvgIpc) is 2.73. The fraction of sp³-hybridized carbons (Fsp3) is 0.250. The summed E-state index contributed by atoms with van der Waals surface area (Å²) in [7, 11) is 3.58. The van der Waals surface area contributed by atoms with Gasteiger partial charge >= 0.3 is 0 Å². The molecule has 0 aliphatic heterocycles. The number of aryl methyl sites for hydroxylation is 1. The minimum Gasteiger partial charge on any atom is -0.336 e. The summed E-state index contributed by atoms with van der Waals surface area (Å²) in [5, 5.41) is 0. The summed E-state index contributed by atoms with van der Waals surface area (Å²) in [5.41, 5.74) is 4.08. The number of nitrogens with one attached hydrogen (secondary N) is 1. The van der Waals surface area contributed by atoms with Crippen LogP contribution in [0.25, 0.3) is 0 Å². The highest BCUT2D eigenvalue weighted by Gasteiger charge is 2.17. The summed E-state index contributed by atoms with van der Waals surface area (Å²) in [6.07, 6.45) is 3.70. The highest BCUT2D eigenvalue weighted by Crippen LogP contribution is 2.19. The second kappa shape index (κ2) is 4.92. The molecule has 0 amide bonds. The van der Waals surface area contributed by atoms with Gasteiger partial charge in [0.25, 0.3) is 0 Å². The molecule has 4 heteroatoms. The summed E-state index contributed by atoms with van der Waals surface area (Å²) in [5.74, 6) is 0.924.